The van der Waals surface area contributed by atoms with Crippen LogP contribution in [0, 0.1) is 0 Å². The zero-order valence-electron chi connectivity index (χ0n) is 26.5. The number of ether oxygens (including phenoxy) is 1. The largest absolute Gasteiger partial charge is 0.457 e. The maximum Gasteiger partial charge on any atom is 0.159 e. The fourth-order valence-electron chi connectivity index (χ4n) is 9.25. The van der Waals surface area contributed by atoms with Crippen LogP contribution in [0.5, 0.6) is 11.5 Å². The van der Waals surface area contributed by atoms with Crippen molar-refractivity contribution in [2.45, 2.75) is 10.8 Å². The molecule has 0 radical (unpaired) electrons. The summed E-state index contributed by atoms with van der Waals surface area (Å²) in [5.74, 6) is 2.52. The van der Waals surface area contributed by atoms with Crippen LogP contribution in [0.2, 0.25) is 0 Å². The van der Waals surface area contributed by atoms with Crippen molar-refractivity contribution < 1.29 is 4.74 Å². The standard InChI is InChI=1S/C46H28N2O/c1-10-22-41-30(13-1)28-47-44(48-41)29-25-26-32-31-14-2-3-15-33(31)45(40(32)27-29)34-16-4-6-18-36(34)46(37-19-7-5-17-35(37)45)38-20-8-11-23-42(38)49-43-24-12-9-21-39(43)46/h1-28H. The van der Waals surface area contributed by atoms with Gasteiger partial charge < -0.3 is 4.74 Å². The minimum Gasteiger partial charge on any atom is -0.457 e. The van der Waals surface area contributed by atoms with Gasteiger partial charge in [0, 0.05) is 28.3 Å². The summed E-state index contributed by atoms with van der Waals surface area (Å²) in [6.45, 7) is 0. The molecule has 0 bridgehead atoms. The lowest BCUT2D eigenvalue weighted by atomic mass is 9.51. The molecule has 2 heterocycles. The average molecular weight is 625 g/mol. The van der Waals surface area contributed by atoms with Gasteiger partial charge >= 0.3 is 0 Å². The van der Waals surface area contributed by atoms with Crippen molar-refractivity contribution in [2.75, 3.05) is 0 Å². The molecule has 2 aliphatic carbocycles. The topological polar surface area (TPSA) is 35.0 Å². The molecule has 3 aliphatic rings. The van der Waals surface area contributed by atoms with Gasteiger partial charge in [-0.3, -0.25) is 0 Å². The lowest BCUT2D eigenvalue weighted by molar-refractivity contribution is 0.429. The first kappa shape index (κ1) is 26.7. The molecule has 2 spiro atoms. The molecular weight excluding hydrogens is 597 g/mol. The maximum atomic E-state index is 6.65. The molecule has 0 unspecified atom stereocenters. The van der Waals surface area contributed by atoms with E-state index in [1.807, 2.05) is 18.3 Å². The zero-order chi connectivity index (χ0) is 32.2. The summed E-state index contributed by atoms with van der Waals surface area (Å²) in [5.41, 5.74) is 13.3. The molecule has 3 heteroatoms. The van der Waals surface area contributed by atoms with Crippen molar-refractivity contribution in [3.05, 3.63) is 214 Å². The van der Waals surface area contributed by atoms with E-state index in [-0.39, 0.29) is 0 Å². The molecule has 3 nitrogen and oxygen atoms in total. The average Bonchev–Trinajstić information content (AvgIpc) is 3.46. The lowest BCUT2D eigenvalue weighted by Crippen LogP contribution is -2.45. The number of hydrogen-bond acceptors (Lipinski definition) is 3. The predicted molar refractivity (Wildman–Crippen MR) is 194 cm³/mol. The molecule has 0 amide bonds. The number of para-hydroxylation sites is 3. The van der Waals surface area contributed by atoms with Crippen molar-refractivity contribution in [2.24, 2.45) is 0 Å². The van der Waals surface area contributed by atoms with E-state index in [9.17, 15) is 0 Å². The molecule has 1 aromatic heterocycles. The summed E-state index contributed by atoms with van der Waals surface area (Å²) >= 11 is 0. The molecule has 0 saturated heterocycles. The van der Waals surface area contributed by atoms with Crippen LogP contribution >= 0.6 is 0 Å². The van der Waals surface area contributed by atoms with Gasteiger partial charge in [0.2, 0.25) is 0 Å². The highest BCUT2D eigenvalue weighted by Crippen LogP contribution is 2.67. The summed E-state index contributed by atoms with van der Waals surface area (Å²) in [5, 5.41) is 1.04. The Kier molecular flexibility index (Phi) is 5.24. The smallest absolute Gasteiger partial charge is 0.159 e. The molecule has 1 aliphatic heterocycles. The fourth-order valence-corrected chi connectivity index (χ4v) is 9.25. The van der Waals surface area contributed by atoms with Crippen molar-refractivity contribution in [3.8, 4) is 34.0 Å². The van der Waals surface area contributed by atoms with Gasteiger partial charge in [0.15, 0.2) is 5.82 Å². The summed E-state index contributed by atoms with van der Waals surface area (Å²) in [7, 11) is 0. The van der Waals surface area contributed by atoms with Crippen LogP contribution in [0.25, 0.3) is 33.4 Å². The van der Waals surface area contributed by atoms with Crippen LogP contribution in [-0.4, -0.2) is 9.97 Å². The van der Waals surface area contributed by atoms with E-state index in [0.29, 0.717) is 0 Å². The highest BCUT2D eigenvalue weighted by molar-refractivity contribution is 5.91. The van der Waals surface area contributed by atoms with Crippen LogP contribution in [0.15, 0.2) is 170 Å². The Balaban J connectivity index is 1.29. The van der Waals surface area contributed by atoms with Crippen molar-refractivity contribution in [1.29, 1.82) is 0 Å². The summed E-state index contributed by atoms with van der Waals surface area (Å²) in [4.78, 5) is 9.90. The second kappa shape index (κ2) is 9.62. The van der Waals surface area contributed by atoms with Crippen LogP contribution in [-0.2, 0) is 10.8 Å². The Morgan fingerprint density at radius 1 is 0.408 bits per heavy atom. The first-order valence-corrected chi connectivity index (χ1v) is 16.8. The Labute approximate surface area is 284 Å². The van der Waals surface area contributed by atoms with E-state index in [1.54, 1.807) is 0 Å². The van der Waals surface area contributed by atoms with Gasteiger partial charge in [-0.15, -0.1) is 0 Å². The Bertz CT molecular complexity index is 2580. The van der Waals surface area contributed by atoms with Crippen LogP contribution in [0.3, 0.4) is 0 Å². The lowest BCUT2D eigenvalue weighted by Gasteiger charge is -2.51. The zero-order valence-corrected chi connectivity index (χ0v) is 26.5. The van der Waals surface area contributed by atoms with Gasteiger partial charge in [0.1, 0.15) is 11.5 Å². The van der Waals surface area contributed by atoms with Crippen molar-refractivity contribution in [3.63, 3.8) is 0 Å². The molecule has 8 aromatic rings. The van der Waals surface area contributed by atoms with Crippen molar-refractivity contribution >= 4 is 10.9 Å². The van der Waals surface area contributed by atoms with E-state index < -0.39 is 10.8 Å². The highest BCUT2D eigenvalue weighted by atomic mass is 16.5. The number of nitrogens with zero attached hydrogens (tertiary/aromatic N) is 2. The maximum absolute atomic E-state index is 6.65. The van der Waals surface area contributed by atoms with Crippen LogP contribution in [0.1, 0.15) is 44.5 Å². The fraction of sp³-hybridized carbons (Fsp3) is 0.0435. The SMILES string of the molecule is c1ccc2c(c1)Oc1ccccc1C21c2ccccc2C2(c3ccccc3-c3ccc(-c4ncc5ccccc5n4)cc32)c2ccccc21. The molecule has 0 N–H and O–H groups in total. The number of benzene rings is 7. The highest BCUT2D eigenvalue weighted by Gasteiger charge is 2.58. The molecule has 0 fully saturated rings. The van der Waals surface area contributed by atoms with Gasteiger partial charge in [-0.2, -0.15) is 0 Å². The number of rotatable bonds is 1. The molecular formula is C46H28N2O. The van der Waals surface area contributed by atoms with E-state index in [1.165, 1.54) is 44.5 Å². The minimum atomic E-state index is -0.583. The van der Waals surface area contributed by atoms with E-state index >= 15 is 0 Å². The Morgan fingerprint density at radius 3 is 1.55 bits per heavy atom. The van der Waals surface area contributed by atoms with Crippen LogP contribution in [0.4, 0.5) is 0 Å². The summed E-state index contributed by atoms with van der Waals surface area (Å²) in [6, 6.07) is 59.4. The molecule has 0 atom stereocenters. The van der Waals surface area contributed by atoms with Gasteiger partial charge in [-0.25, -0.2) is 9.97 Å². The minimum absolute atomic E-state index is 0.570. The van der Waals surface area contributed by atoms with Gasteiger partial charge in [-0.1, -0.05) is 140 Å². The van der Waals surface area contributed by atoms with Crippen LogP contribution < -0.4 is 4.74 Å². The third kappa shape index (κ3) is 3.27. The third-order valence-electron chi connectivity index (χ3n) is 11.1. The molecule has 0 saturated carbocycles. The van der Waals surface area contributed by atoms with E-state index in [2.05, 4.69) is 152 Å². The molecule has 228 valence electrons. The number of hydrogen-bond donors (Lipinski definition) is 0. The monoisotopic (exact) mass is 624 g/mol. The summed E-state index contributed by atoms with van der Waals surface area (Å²) in [6.07, 6.45) is 1.93. The van der Waals surface area contributed by atoms with Gasteiger partial charge in [-0.05, 0) is 68.8 Å². The van der Waals surface area contributed by atoms with E-state index in [0.717, 1.165) is 44.9 Å². The predicted octanol–water partition coefficient (Wildman–Crippen LogP) is 10.5. The second-order valence-electron chi connectivity index (χ2n) is 13.2. The first-order valence-electron chi connectivity index (χ1n) is 16.8. The Hall–Kier alpha value is -6.32. The molecule has 7 aromatic carbocycles. The quantitative estimate of drug-likeness (QED) is 0.182. The Morgan fingerprint density at radius 2 is 0.898 bits per heavy atom. The second-order valence-corrected chi connectivity index (χ2v) is 13.2. The summed E-state index contributed by atoms with van der Waals surface area (Å²) < 4.78 is 6.65. The molecule has 11 rings (SSSR count). The normalized spacial score (nSPS) is 15.0. The number of aromatic nitrogens is 2. The van der Waals surface area contributed by atoms with Crippen molar-refractivity contribution in [1.82, 2.24) is 9.97 Å². The van der Waals surface area contributed by atoms with Gasteiger partial charge in [0.25, 0.3) is 0 Å². The third-order valence-corrected chi connectivity index (χ3v) is 11.1. The van der Waals surface area contributed by atoms with E-state index in [4.69, 9.17) is 14.7 Å². The van der Waals surface area contributed by atoms with Gasteiger partial charge in [0.05, 0.1) is 16.3 Å². The number of fused-ring (bicyclic) bond motifs is 16. The first-order chi connectivity index (χ1) is 24.3. The molecule has 49 heavy (non-hydrogen) atoms.